The van der Waals surface area contributed by atoms with Gasteiger partial charge in [-0.25, -0.2) is 0 Å². The summed E-state index contributed by atoms with van der Waals surface area (Å²) in [5.41, 5.74) is 0. The molecule has 0 bridgehead atoms. The van der Waals surface area contributed by atoms with E-state index in [4.69, 9.17) is 0 Å². The van der Waals surface area contributed by atoms with Crippen LogP contribution in [0.2, 0.25) is 0 Å². The van der Waals surface area contributed by atoms with E-state index in [1.165, 1.54) is 70.6 Å². The summed E-state index contributed by atoms with van der Waals surface area (Å²) in [6.07, 6.45) is 20.8. The fourth-order valence-electron chi connectivity index (χ4n) is 8.25. The summed E-state index contributed by atoms with van der Waals surface area (Å²) >= 11 is 0. The molecule has 8 atom stereocenters. The lowest BCUT2D eigenvalue weighted by molar-refractivity contribution is 0.0200. The molecule has 3 aliphatic carbocycles. The fraction of sp³-hybridized carbons (Fsp3) is 1.00. The van der Waals surface area contributed by atoms with Crippen molar-refractivity contribution in [2.75, 3.05) is 7.05 Å². The van der Waals surface area contributed by atoms with Gasteiger partial charge < -0.3 is 5.32 Å². The first-order chi connectivity index (χ1) is 14.1. The lowest BCUT2D eigenvalue weighted by Crippen LogP contribution is -2.40. The normalized spacial score (nSPS) is 34.7. The molecule has 1 nitrogen and oxygen atoms in total. The van der Waals surface area contributed by atoms with Crippen LogP contribution >= 0.6 is 0 Å². The van der Waals surface area contributed by atoms with Crippen molar-refractivity contribution < 1.29 is 0 Å². The van der Waals surface area contributed by atoms with Gasteiger partial charge in [0.2, 0.25) is 0 Å². The molecule has 0 saturated heterocycles. The smallest absolute Gasteiger partial charge is 0.00924 e. The van der Waals surface area contributed by atoms with E-state index in [9.17, 15) is 0 Å². The van der Waals surface area contributed by atoms with Crippen LogP contribution in [-0.4, -0.2) is 13.1 Å². The summed E-state index contributed by atoms with van der Waals surface area (Å²) in [6.45, 7) is 10.1. The predicted molar refractivity (Wildman–Crippen MR) is 128 cm³/mol. The monoisotopic (exact) mass is 403 g/mol. The minimum Gasteiger partial charge on any atom is -0.317 e. The van der Waals surface area contributed by atoms with Gasteiger partial charge in [0.15, 0.2) is 0 Å². The lowest BCUT2D eigenvalue weighted by Gasteiger charge is -2.47. The summed E-state index contributed by atoms with van der Waals surface area (Å²) in [7, 11) is 2.20. The average Bonchev–Trinajstić information content (AvgIpc) is 3.32. The van der Waals surface area contributed by atoms with Crippen LogP contribution in [0.4, 0.5) is 0 Å². The first kappa shape index (κ1) is 23.6. The van der Waals surface area contributed by atoms with Crippen LogP contribution in [0.25, 0.3) is 0 Å². The maximum Gasteiger partial charge on any atom is 0.00924 e. The zero-order chi connectivity index (χ0) is 20.8. The van der Waals surface area contributed by atoms with Crippen LogP contribution in [0.15, 0.2) is 0 Å². The maximum absolute atomic E-state index is 3.64. The van der Waals surface area contributed by atoms with Crippen molar-refractivity contribution in [2.45, 2.75) is 124 Å². The Morgan fingerprint density at radius 3 is 2.07 bits per heavy atom. The van der Waals surface area contributed by atoms with Gasteiger partial charge in [-0.1, -0.05) is 85.5 Å². The van der Waals surface area contributed by atoms with Crippen molar-refractivity contribution in [1.82, 2.24) is 5.32 Å². The molecule has 0 aliphatic heterocycles. The summed E-state index contributed by atoms with van der Waals surface area (Å²) < 4.78 is 0. The summed E-state index contributed by atoms with van der Waals surface area (Å²) in [4.78, 5) is 0. The Kier molecular flexibility index (Phi) is 9.40. The van der Waals surface area contributed by atoms with Crippen LogP contribution in [0.3, 0.4) is 0 Å². The third-order valence-corrected chi connectivity index (χ3v) is 9.84. The van der Waals surface area contributed by atoms with Gasteiger partial charge in [0, 0.05) is 6.04 Å². The Morgan fingerprint density at radius 2 is 1.45 bits per heavy atom. The maximum atomic E-state index is 3.64. The summed E-state index contributed by atoms with van der Waals surface area (Å²) in [5, 5.41) is 3.64. The molecule has 0 aromatic heterocycles. The second kappa shape index (κ2) is 11.5. The SMILES string of the molecule is CCCC(C)C(CCC)C(C1CCC1)C1CCCC1C(C)CC1CCCC1NC. The number of rotatable bonds is 12. The Balaban J connectivity index is 1.73. The molecule has 0 spiro atoms. The minimum absolute atomic E-state index is 0.803. The van der Waals surface area contributed by atoms with Gasteiger partial charge in [-0.2, -0.15) is 0 Å². The highest BCUT2D eigenvalue weighted by molar-refractivity contribution is 4.95. The van der Waals surface area contributed by atoms with E-state index in [2.05, 4.69) is 40.1 Å². The molecule has 1 N–H and O–H groups in total. The highest BCUT2D eigenvalue weighted by Crippen LogP contribution is 2.54. The van der Waals surface area contributed by atoms with E-state index in [0.717, 1.165) is 53.4 Å². The number of hydrogen-bond acceptors (Lipinski definition) is 1. The highest BCUT2D eigenvalue weighted by atomic mass is 14.9. The van der Waals surface area contributed by atoms with Crippen molar-refractivity contribution in [3.63, 3.8) is 0 Å². The molecule has 0 radical (unpaired) electrons. The third-order valence-electron chi connectivity index (χ3n) is 9.84. The Hall–Kier alpha value is -0.0400. The van der Waals surface area contributed by atoms with Crippen LogP contribution in [0, 0.1) is 47.3 Å². The lowest BCUT2D eigenvalue weighted by atomic mass is 9.58. The first-order valence-corrected chi connectivity index (χ1v) is 13.8. The quantitative estimate of drug-likeness (QED) is 0.347. The van der Waals surface area contributed by atoms with Crippen molar-refractivity contribution in [1.29, 1.82) is 0 Å². The van der Waals surface area contributed by atoms with E-state index in [1.54, 1.807) is 19.3 Å². The molecule has 29 heavy (non-hydrogen) atoms. The van der Waals surface area contributed by atoms with E-state index in [0.29, 0.717) is 0 Å². The van der Waals surface area contributed by atoms with Gasteiger partial charge in [-0.15, -0.1) is 0 Å². The van der Waals surface area contributed by atoms with Gasteiger partial charge >= 0.3 is 0 Å². The van der Waals surface area contributed by atoms with Crippen LogP contribution < -0.4 is 5.32 Å². The van der Waals surface area contributed by atoms with E-state index < -0.39 is 0 Å². The topological polar surface area (TPSA) is 12.0 Å². The van der Waals surface area contributed by atoms with Crippen molar-refractivity contribution >= 4 is 0 Å². The molecule has 0 aromatic carbocycles. The Morgan fingerprint density at radius 1 is 0.793 bits per heavy atom. The van der Waals surface area contributed by atoms with Crippen LogP contribution in [0.5, 0.6) is 0 Å². The second-order valence-electron chi connectivity index (χ2n) is 11.5. The van der Waals surface area contributed by atoms with Crippen LogP contribution in [-0.2, 0) is 0 Å². The van der Waals surface area contributed by atoms with E-state index in [1.807, 2.05) is 0 Å². The molecule has 1 heteroatoms. The third kappa shape index (κ3) is 5.61. The molecule has 0 aromatic rings. The van der Waals surface area contributed by atoms with Crippen LogP contribution in [0.1, 0.15) is 118 Å². The van der Waals surface area contributed by atoms with E-state index in [-0.39, 0.29) is 0 Å². The molecule has 3 fully saturated rings. The Labute approximate surface area is 183 Å². The van der Waals surface area contributed by atoms with Gasteiger partial charge in [0.05, 0.1) is 0 Å². The molecule has 0 heterocycles. The molecule has 8 unspecified atom stereocenters. The van der Waals surface area contributed by atoms with Crippen molar-refractivity contribution in [2.24, 2.45) is 47.3 Å². The molecule has 3 aliphatic rings. The number of nitrogens with one attached hydrogen (secondary N) is 1. The van der Waals surface area contributed by atoms with Gasteiger partial charge in [-0.3, -0.25) is 0 Å². The molecule has 3 rings (SSSR count). The Bertz CT molecular complexity index is 455. The standard InChI is InChI=1S/C28H53N/c1-6-11-20(3)25(12-7-2)28(22-13-8-14-22)26-17-10-16-24(26)21(4)19-23-15-9-18-27(23)29-5/h20-29H,6-19H2,1-5H3. The average molecular weight is 404 g/mol. The largest absolute Gasteiger partial charge is 0.317 e. The number of hydrogen-bond donors (Lipinski definition) is 1. The van der Waals surface area contributed by atoms with Gasteiger partial charge in [0.1, 0.15) is 0 Å². The highest BCUT2D eigenvalue weighted by Gasteiger charge is 2.45. The first-order valence-electron chi connectivity index (χ1n) is 13.8. The van der Waals surface area contributed by atoms with Gasteiger partial charge in [0.25, 0.3) is 0 Å². The molecular weight excluding hydrogens is 350 g/mol. The molecular formula is C28H53N. The molecule has 3 saturated carbocycles. The molecule has 0 amide bonds. The van der Waals surface area contributed by atoms with E-state index >= 15 is 0 Å². The fourth-order valence-corrected chi connectivity index (χ4v) is 8.25. The zero-order valence-corrected chi connectivity index (χ0v) is 20.6. The van der Waals surface area contributed by atoms with Gasteiger partial charge in [-0.05, 0) is 86.5 Å². The molecule has 170 valence electrons. The van der Waals surface area contributed by atoms with Crippen molar-refractivity contribution in [3.05, 3.63) is 0 Å². The summed E-state index contributed by atoms with van der Waals surface area (Å²) in [5.74, 6) is 8.00. The zero-order valence-electron chi connectivity index (χ0n) is 20.6. The summed E-state index contributed by atoms with van der Waals surface area (Å²) in [6, 6.07) is 0.803. The second-order valence-corrected chi connectivity index (χ2v) is 11.5. The van der Waals surface area contributed by atoms with Crippen molar-refractivity contribution in [3.8, 4) is 0 Å². The minimum atomic E-state index is 0.803. The predicted octanol–water partition coefficient (Wildman–Crippen LogP) is 8.09.